The molecule has 2 atom stereocenters. The summed E-state index contributed by atoms with van der Waals surface area (Å²) >= 11 is 6.12. The molecule has 0 saturated carbocycles. The first-order valence-corrected chi connectivity index (χ1v) is 6.31. The van der Waals surface area contributed by atoms with Crippen LogP contribution >= 0.6 is 11.6 Å². The van der Waals surface area contributed by atoms with Crippen molar-refractivity contribution < 1.29 is 4.74 Å². The number of nitrogens with two attached hydrogens (primary N) is 1. The van der Waals surface area contributed by atoms with E-state index < -0.39 is 0 Å². The quantitative estimate of drug-likeness (QED) is 0.872. The van der Waals surface area contributed by atoms with Crippen molar-refractivity contribution in [2.24, 2.45) is 5.73 Å². The van der Waals surface area contributed by atoms with Crippen molar-refractivity contribution in [1.82, 2.24) is 0 Å². The van der Waals surface area contributed by atoms with Crippen molar-refractivity contribution in [3.05, 3.63) is 28.8 Å². The van der Waals surface area contributed by atoms with Crippen molar-refractivity contribution in [1.29, 1.82) is 0 Å². The number of anilines is 1. The SMILES string of the molecule is Cc1ccc(NC2(CN)CCOC2C)cc1Cl. The van der Waals surface area contributed by atoms with E-state index in [1.165, 1.54) is 0 Å². The Morgan fingerprint density at radius 2 is 2.35 bits per heavy atom. The molecule has 1 aliphatic heterocycles. The first kappa shape index (κ1) is 12.7. The molecular weight excluding hydrogens is 236 g/mol. The van der Waals surface area contributed by atoms with Gasteiger partial charge in [-0.15, -0.1) is 0 Å². The van der Waals surface area contributed by atoms with Crippen LogP contribution in [0.2, 0.25) is 5.02 Å². The molecule has 1 aromatic carbocycles. The molecule has 3 N–H and O–H groups in total. The van der Waals surface area contributed by atoms with Gasteiger partial charge in [-0.05, 0) is 38.0 Å². The van der Waals surface area contributed by atoms with Gasteiger partial charge in [-0.25, -0.2) is 0 Å². The lowest BCUT2D eigenvalue weighted by Gasteiger charge is -2.33. The van der Waals surface area contributed by atoms with Crippen LogP contribution in [-0.2, 0) is 4.74 Å². The summed E-state index contributed by atoms with van der Waals surface area (Å²) in [6.07, 6.45) is 1.04. The summed E-state index contributed by atoms with van der Waals surface area (Å²) in [6, 6.07) is 5.98. The molecule has 0 aliphatic carbocycles. The van der Waals surface area contributed by atoms with Gasteiger partial charge in [0, 0.05) is 23.9 Å². The highest BCUT2D eigenvalue weighted by Crippen LogP contribution is 2.30. The van der Waals surface area contributed by atoms with E-state index in [0.717, 1.165) is 29.3 Å². The molecule has 1 saturated heterocycles. The highest BCUT2D eigenvalue weighted by Gasteiger charge is 2.40. The Balaban J connectivity index is 2.21. The molecule has 2 unspecified atom stereocenters. The van der Waals surface area contributed by atoms with Crippen molar-refractivity contribution in [2.75, 3.05) is 18.5 Å². The third kappa shape index (κ3) is 2.41. The summed E-state index contributed by atoms with van der Waals surface area (Å²) < 4.78 is 5.61. The number of aryl methyl sites for hydroxylation is 1. The molecule has 0 radical (unpaired) electrons. The van der Waals surface area contributed by atoms with Gasteiger partial charge in [-0.2, -0.15) is 0 Å². The standard InChI is InChI=1S/C13H19ClN2O/c1-9-3-4-11(7-12(9)14)16-13(8-15)5-6-17-10(13)2/h3-4,7,10,16H,5-6,8,15H2,1-2H3. The van der Waals surface area contributed by atoms with Crippen LogP contribution in [0.4, 0.5) is 5.69 Å². The fourth-order valence-electron chi connectivity index (χ4n) is 2.22. The van der Waals surface area contributed by atoms with E-state index >= 15 is 0 Å². The van der Waals surface area contributed by atoms with Crippen LogP contribution in [0.1, 0.15) is 18.9 Å². The maximum absolute atomic E-state index is 6.12. The molecule has 1 aromatic rings. The van der Waals surface area contributed by atoms with Gasteiger partial charge in [0.2, 0.25) is 0 Å². The van der Waals surface area contributed by atoms with Crippen molar-refractivity contribution in [3.8, 4) is 0 Å². The second-order valence-corrected chi connectivity index (χ2v) is 5.12. The molecule has 0 bridgehead atoms. The number of halogens is 1. The summed E-state index contributed by atoms with van der Waals surface area (Å²) in [5, 5.41) is 4.26. The van der Waals surface area contributed by atoms with E-state index in [4.69, 9.17) is 22.1 Å². The number of benzene rings is 1. The predicted molar refractivity (Wildman–Crippen MR) is 71.6 cm³/mol. The minimum atomic E-state index is -0.168. The van der Waals surface area contributed by atoms with E-state index in [1.807, 2.05) is 25.1 Å². The van der Waals surface area contributed by atoms with E-state index in [0.29, 0.717) is 6.54 Å². The molecule has 1 aliphatic rings. The van der Waals surface area contributed by atoms with E-state index in [2.05, 4.69) is 12.2 Å². The third-order valence-corrected chi connectivity index (χ3v) is 4.03. The lowest BCUT2D eigenvalue weighted by molar-refractivity contribution is 0.103. The number of ether oxygens (including phenoxy) is 1. The number of nitrogens with one attached hydrogen (secondary N) is 1. The second kappa shape index (κ2) is 4.84. The highest BCUT2D eigenvalue weighted by atomic mass is 35.5. The van der Waals surface area contributed by atoms with Gasteiger partial charge in [-0.1, -0.05) is 17.7 Å². The summed E-state index contributed by atoms with van der Waals surface area (Å²) in [5.41, 5.74) is 7.81. The zero-order valence-corrected chi connectivity index (χ0v) is 11.1. The fraction of sp³-hybridized carbons (Fsp3) is 0.538. The first-order valence-electron chi connectivity index (χ1n) is 5.93. The summed E-state index contributed by atoms with van der Waals surface area (Å²) in [6.45, 7) is 5.36. The maximum atomic E-state index is 6.12. The molecular formula is C13H19ClN2O. The molecule has 4 heteroatoms. The Hall–Kier alpha value is -0.770. The molecule has 0 aromatic heterocycles. The van der Waals surface area contributed by atoms with E-state index in [1.54, 1.807) is 0 Å². The van der Waals surface area contributed by atoms with Crippen molar-refractivity contribution in [2.45, 2.75) is 31.9 Å². The Bertz CT molecular complexity index is 410. The normalized spacial score (nSPS) is 28.4. The summed E-state index contributed by atoms with van der Waals surface area (Å²) in [7, 11) is 0. The Morgan fingerprint density at radius 1 is 1.59 bits per heavy atom. The molecule has 94 valence electrons. The van der Waals surface area contributed by atoms with Gasteiger partial charge in [0.15, 0.2) is 0 Å². The summed E-state index contributed by atoms with van der Waals surface area (Å²) in [4.78, 5) is 0. The third-order valence-electron chi connectivity index (χ3n) is 3.62. The topological polar surface area (TPSA) is 47.3 Å². The van der Waals surface area contributed by atoms with Crippen molar-refractivity contribution >= 4 is 17.3 Å². The van der Waals surface area contributed by atoms with Crippen LogP contribution < -0.4 is 11.1 Å². The van der Waals surface area contributed by atoms with Gasteiger partial charge >= 0.3 is 0 Å². The van der Waals surface area contributed by atoms with Crippen LogP contribution in [0.25, 0.3) is 0 Å². The number of hydrogen-bond donors (Lipinski definition) is 2. The largest absolute Gasteiger partial charge is 0.376 e. The second-order valence-electron chi connectivity index (χ2n) is 4.71. The Labute approximate surface area is 107 Å². The number of hydrogen-bond acceptors (Lipinski definition) is 3. The van der Waals surface area contributed by atoms with E-state index in [9.17, 15) is 0 Å². The Morgan fingerprint density at radius 3 is 2.88 bits per heavy atom. The highest BCUT2D eigenvalue weighted by molar-refractivity contribution is 6.31. The van der Waals surface area contributed by atoms with Crippen LogP contribution in [0.5, 0.6) is 0 Å². The molecule has 1 heterocycles. The predicted octanol–water partition coefficient (Wildman–Crippen LogP) is 2.57. The van der Waals surface area contributed by atoms with Gasteiger partial charge in [0.05, 0.1) is 11.6 Å². The fourth-order valence-corrected chi connectivity index (χ4v) is 2.40. The smallest absolute Gasteiger partial charge is 0.0789 e. The average Bonchev–Trinajstić information content (AvgIpc) is 2.66. The molecule has 1 fully saturated rings. The molecule has 0 spiro atoms. The van der Waals surface area contributed by atoms with Crippen LogP contribution in [0.3, 0.4) is 0 Å². The molecule has 2 rings (SSSR count). The van der Waals surface area contributed by atoms with Crippen molar-refractivity contribution in [3.63, 3.8) is 0 Å². The lowest BCUT2D eigenvalue weighted by atomic mass is 9.91. The average molecular weight is 255 g/mol. The Kier molecular flexibility index (Phi) is 3.61. The molecule has 17 heavy (non-hydrogen) atoms. The monoisotopic (exact) mass is 254 g/mol. The lowest BCUT2D eigenvalue weighted by Crippen LogP contribution is -2.50. The van der Waals surface area contributed by atoms with Crippen LogP contribution in [0, 0.1) is 6.92 Å². The van der Waals surface area contributed by atoms with Gasteiger partial charge in [-0.3, -0.25) is 0 Å². The van der Waals surface area contributed by atoms with E-state index in [-0.39, 0.29) is 11.6 Å². The van der Waals surface area contributed by atoms with Gasteiger partial charge in [0.1, 0.15) is 0 Å². The van der Waals surface area contributed by atoms with Crippen LogP contribution in [0.15, 0.2) is 18.2 Å². The molecule has 3 nitrogen and oxygen atoms in total. The summed E-state index contributed by atoms with van der Waals surface area (Å²) in [5.74, 6) is 0. The maximum Gasteiger partial charge on any atom is 0.0789 e. The van der Waals surface area contributed by atoms with Crippen LogP contribution in [-0.4, -0.2) is 24.8 Å². The minimum absolute atomic E-state index is 0.118. The number of rotatable bonds is 3. The zero-order chi connectivity index (χ0) is 12.5. The zero-order valence-electron chi connectivity index (χ0n) is 10.3. The van der Waals surface area contributed by atoms with Gasteiger partial charge in [0.25, 0.3) is 0 Å². The molecule has 0 amide bonds. The first-order chi connectivity index (χ1) is 8.07. The minimum Gasteiger partial charge on any atom is -0.376 e. The van der Waals surface area contributed by atoms with Gasteiger partial charge < -0.3 is 15.8 Å².